The van der Waals surface area contributed by atoms with Gasteiger partial charge >= 0.3 is 0 Å². The van der Waals surface area contributed by atoms with Crippen molar-refractivity contribution in [2.24, 2.45) is 5.92 Å². The molecule has 1 heterocycles. The Balaban J connectivity index is 1.82. The van der Waals surface area contributed by atoms with Crippen molar-refractivity contribution in [3.63, 3.8) is 0 Å². The van der Waals surface area contributed by atoms with E-state index in [4.69, 9.17) is 0 Å². The molecular weight excluding hydrogens is 342 g/mol. The van der Waals surface area contributed by atoms with Crippen molar-refractivity contribution >= 4 is 23.0 Å². The molecule has 6 heteroatoms. The maximum absolute atomic E-state index is 12.5. The summed E-state index contributed by atoms with van der Waals surface area (Å²) in [6.45, 7) is 5.83. The van der Waals surface area contributed by atoms with E-state index in [9.17, 15) is 14.9 Å². The van der Waals surface area contributed by atoms with Crippen molar-refractivity contribution in [1.82, 2.24) is 0 Å². The van der Waals surface area contributed by atoms with Gasteiger partial charge in [-0.25, -0.2) is 0 Å². The zero-order valence-corrected chi connectivity index (χ0v) is 15.8. The molecule has 0 saturated carbocycles. The molecule has 142 valence electrons. The summed E-state index contributed by atoms with van der Waals surface area (Å²) >= 11 is 0. The number of carbonyl (C=O) groups is 1. The van der Waals surface area contributed by atoms with Gasteiger partial charge in [-0.05, 0) is 55.0 Å². The van der Waals surface area contributed by atoms with Gasteiger partial charge < -0.3 is 10.2 Å². The number of hydrogen-bond donors (Lipinski definition) is 1. The Bertz CT molecular complexity index is 833. The fourth-order valence-corrected chi connectivity index (χ4v) is 3.51. The van der Waals surface area contributed by atoms with Crippen LogP contribution in [0.3, 0.4) is 0 Å². The molecule has 1 saturated heterocycles. The summed E-state index contributed by atoms with van der Waals surface area (Å²) in [5.74, 6) is 0.160. The standard InChI is InChI=1S/C21H25N3O3/c1-3-16-6-9-18(10-7-16)22-21(25)17-8-11-19(20(13-17)24(26)27)23-12-4-5-15(2)14-23/h6-11,13,15H,3-5,12,14H2,1-2H3,(H,22,25)/t15-/m0/s1. The molecule has 0 spiro atoms. The van der Waals surface area contributed by atoms with Crippen LogP contribution in [0.25, 0.3) is 0 Å². The van der Waals surface area contributed by atoms with Gasteiger partial charge in [0.1, 0.15) is 5.69 Å². The van der Waals surface area contributed by atoms with Crippen LogP contribution in [0.2, 0.25) is 0 Å². The molecule has 0 aromatic heterocycles. The molecule has 3 rings (SSSR count). The third-order valence-electron chi connectivity index (χ3n) is 5.05. The quantitative estimate of drug-likeness (QED) is 0.617. The Morgan fingerprint density at radius 1 is 1.26 bits per heavy atom. The molecule has 0 unspecified atom stereocenters. The largest absolute Gasteiger partial charge is 0.366 e. The molecule has 0 radical (unpaired) electrons. The van der Waals surface area contributed by atoms with E-state index >= 15 is 0 Å². The van der Waals surface area contributed by atoms with E-state index in [1.807, 2.05) is 24.3 Å². The average Bonchev–Trinajstić information content (AvgIpc) is 2.68. The summed E-state index contributed by atoms with van der Waals surface area (Å²) in [6.07, 6.45) is 3.09. The Morgan fingerprint density at radius 2 is 2.00 bits per heavy atom. The molecule has 1 N–H and O–H groups in total. The lowest BCUT2D eigenvalue weighted by atomic mass is 9.99. The molecular formula is C21H25N3O3. The van der Waals surface area contributed by atoms with Gasteiger partial charge in [-0.3, -0.25) is 14.9 Å². The number of nitrogens with one attached hydrogen (secondary N) is 1. The number of hydrogen-bond acceptors (Lipinski definition) is 4. The highest BCUT2D eigenvalue weighted by molar-refractivity contribution is 6.05. The number of benzene rings is 2. The van der Waals surface area contributed by atoms with Crippen LogP contribution in [-0.2, 0) is 6.42 Å². The fourth-order valence-electron chi connectivity index (χ4n) is 3.51. The number of rotatable bonds is 5. The van der Waals surface area contributed by atoms with Crippen molar-refractivity contribution in [2.45, 2.75) is 33.1 Å². The van der Waals surface area contributed by atoms with Crippen LogP contribution in [0.4, 0.5) is 17.1 Å². The highest BCUT2D eigenvalue weighted by atomic mass is 16.6. The fraction of sp³-hybridized carbons (Fsp3) is 0.381. The minimum Gasteiger partial charge on any atom is -0.366 e. The van der Waals surface area contributed by atoms with Gasteiger partial charge in [0, 0.05) is 30.4 Å². The monoisotopic (exact) mass is 367 g/mol. The summed E-state index contributed by atoms with van der Waals surface area (Å²) in [6, 6.07) is 12.3. The zero-order chi connectivity index (χ0) is 19.4. The lowest BCUT2D eigenvalue weighted by molar-refractivity contribution is -0.384. The second kappa shape index (κ2) is 8.20. The van der Waals surface area contributed by atoms with Crippen LogP contribution in [0.5, 0.6) is 0 Å². The number of piperidine rings is 1. The topological polar surface area (TPSA) is 75.5 Å². The van der Waals surface area contributed by atoms with Gasteiger partial charge in [0.2, 0.25) is 0 Å². The highest BCUT2D eigenvalue weighted by Gasteiger charge is 2.25. The maximum Gasteiger partial charge on any atom is 0.293 e. The van der Waals surface area contributed by atoms with Crippen LogP contribution in [0.15, 0.2) is 42.5 Å². The minimum absolute atomic E-state index is 0.0157. The molecule has 1 aliphatic rings. The Morgan fingerprint density at radius 3 is 2.63 bits per heavy atom. The predicted octanol–water partition coefficient (Wildman–Crippen LogP) is 4.65. The second-order valence-corrected chi connectivity index (χ2v) is 7.16. The summed E-state index contributed by atoms with van der Waals surface area (Å²) < 4.78 is 0. The van der Waals surface area contributed by atoms with Crippen LogP contribution in [0.1, 0.15) is 42.6 Å². The molecule has 2 aromatic carbocycles. The first kappa shape index (κ1) is 18.9. The first-order valence-electron chi connectivity index (χ1n) is 9.41. The van der Waals surface area contributed by atoms with Gasteiger partial charge in [0.25, 0.3) is 11.6 Å². The highest BCUT2D eigenvalue weighted by Crippen LogP contribution is 2.32. The lowest BCUT2D eigenvalue weighted by Gasteiger charge is -2.32. The lowest BCUT2D eigenvalue weighted by Crippen LogP contribution is -2.34. The zero-order valence-electron chi connectivity index (χ0n) is 15.8. The third kappa shape index (κ3) is 4.45. The van der Waals surface area contributed by atoms with Crippen molar-refractivity contribution in [3.8, 4) is 0 Å². The Labute approximate surface area is 159 Å². The van der Waals surface area contributed by atoms with Crippen LogP contribution >= 0.6 is 0 Å². The first-order chi connectivity index (χ1) is 13.0. The van der Waals surface area contributed by atoms with Gasteiger partial charge in [-0.2, -0.15) is 0 Å². The summed E-state index contributed by atoms with van der Waals surface area (Å²) in [7, 11) is 0. The summed E-state index contributed by atoms with van der Waals surface area (Å²) in [5, 5.41) is 14.4. The Kier molecular flexibility index (Phi) is 5.74. The second-order valence-electron chi connectivity index (χ2n) is 7.16. The van der Waals surface area contributed by atoms with E-state index in [0.717, 1.165) is 32.4 Å². The van der Waals surface area contributed by atoms with E-state index in [0.29, 0.717) is 17.3 Å². The van der Waals surface area contributed by atoms with E-state index in [-0.39, 0.29) is 17.2 Å². The maximum atomic E-state index is 12.5. The summed E-state index contributed by atoms with van der Waals surface area (Å²) in [4.78, 5) is 25.8. The van der Waals surface area contributed by atoms with E-state index in [1.54, 1.807) is 12.1 Å². The normalized spacial score (nSPS) is 16.8. The van der Waals surface area contributed by atoms with E-state index in [2.05, 4.69) is 24.1 Å². The van der Waals surface area contributed by atoms with Crippen LogP contribution in [-0.4, -0.2) is 23.9 Å². The van der Waals surface area contributed by atoms with E-state index in [1.165, 1.54) is 11.6 Å². The molecule has 1 atom stereocenters. The van der Waals surface area contributed by atoms with Gasteiger partial charge in [0.15, 0.2) is 0 Å². The minimum atomic E-state index is -0.401. The van der Waals surface area contributed by atoms with Gasteiger partial charge in [0.05, 0.1) is 4.92 Å². The average molecular weight is 367 g/mol. The molecule has 1 aliphatic heterocycles. The molecule has 6 nitrogen and oxygen atoms in total. The van der Waals surface area contributed by atoms with Crippen molar-refractivity contribution in [3.05, 3.63) is 63.7 Å². The number of nitro groups is 1. The SMILES string of the molecule is CCc1ccc(NC(=O)c2ccc(N3CCC[C@H](C)C3)c([N+](=O)[O-])c2)cc1. The molecule has 1 amide bonds. The number of anilines is 2. The first-order valence-corrected chi connectivity index (χ1v) is 9.41. The van der Waals surface area contributed by atoms with Crippen molar-refractivity contribution in [2.75, 3.05) is 23.3 Å². The number of nitro benzene ring substituents is 1. The number of carbonyl (C=O) groups excluding carboxylic acids is 1. The molecule has 27 heavy (non-hydrogen) atoms. The Hall–Kier alpha value is -2.89. The van der Waals surface area contributed by atoms with Gasteiger partial charge in [-0.1, -0.05) is 26.0 Å². The molecule has 2 aromatic rings. The van der Waals surface area contributed by atoms with Crippen LogP contribution < -0.4 is 10.2 Å². The number of nitrogens with zero attached hydrogens (tertiary/aromatic N) is 2. The summed E-state index contributed by atoms with van der Waals surface area (Å²) in [5.41, 5.74) is 2.72. The third-order valence-corrected chi connectivity index (χ3v) is 5.05. The molecule has 0 bridgehead atoms. The van der Waals surface area contributed by atoms with E-state index < -0.39 is 4.92 Å². The number of amides is 1. The van der Waals surface area contributed by atoms with Crippen molar-refractivity contribution in [1.29, 1.82) is 0 Å². The molecule has 1 fully saturated rings. The smallest absolute Gasteiger partial charge is 0.293 e. The van der Waals surface area contributed by atoms with Crippen LogP contribution in [0, 0.1) is 16.0 Å². The number of aryl methyl sites for hydroxylation is 1. The predicted molar refractivity (Wildman–Crippen MR) is 107 cm³/mol. The van der Waals surface area contributed by atoms with Gasteiger partial charge in [-0.15, -0.1) is 0 Å². The van der Waals surface area contributed by atoms with Crippen molar-refractivity contribution < 1.29 is 9.72 Å². The molecule has 0 aliphatic carbocycles.